The van der Waals surface area contributed by atoms with Crippen molar-refractivity contribution < 1.29 is 13.9 Å². The maximum absolute atomic E-state index is 13.6. The Bertz CT molecular complexity index is 1220. The van der Waals surface area contributed by atoms with Crippen LogP contribution in [0.3, 0.4) is 0 Å². The lowest BCUT2D eigenvalue weighted by Crippen LogP contribution is -2.21. The van der Waals surface area contributed by atoms with E-state index in [0.717, 1.165) is 30.2 Å². The predicted octanol–water partition coefficient (Wildman–Crippen LogP) is 3.24. The Morgan fingerprint density at radius 1 is 1.03 bits per heavy atom. The van der Waals surface area contributed by atoms with Crippen LogP contribution in [0.5, 0.6) is 11.5 Å². The highest BCUT2D eigenvalue weighted by Crippen LogP contribution is 2.38. The van der Waals surface area contributed by atoms with Crippen LogP contribution in [0.1, 0.15) is 11.1 Å². The highest BCUT2D eigenvalue weighted by atomic mass is 19.1. The molecule has 1 N–H and O–H groups in total. The van der Waals surface area contributed by atoms with E-state index in [1.807, 2.05) is 12.1 Å². The van der Waals surface area contributed by atoms with E-state index in [1.165, 1.54) is 23.4 Å². The summed E-state index contributed by atoms with van der Waals surface area (Å²) in [7, 11) is 0. The van der Waals surface area contributed by atoms with E-state index < -0.39 is 5.82 Å². The highest BCUT2D eigenvalue weighted by Gasteiger charge is 2.26. The number of nitrogens with zero attached hydrogens (tertiary/aromatic N) is 4. The number of anilines is 1. The smallest absolute Gasteiger partial charge is 0.231 e. The van der Waals surface area contributed by atoms with Gasteiger partial charge in [0.05, 0.1) is 18.1 Å². The van der Waals surface area contributed by atoms with Crippen LogP contribution in [0, 0.1) is 5.82 Å². The average Bonchev–Trinajstić information content (AvgIpc) is 3.44. The quantitative estimate of drug-likeness (QED) is 0.580. The summed E-state index contributed by atoms with van der Waals surface area (Å²) < 4.78 is 26.4. The molecule has 0 fully saturated rings. The summed E-state index contributed by atoms with van der Waals surface area (Å²) in [6.45, 7) is 0.284. The number of fused-ring (bicyclic) bond motifs is 3. The molecule has 0 bridgehead atoms. The summed E-state index contributed by atoms with van der Waals surface area (Å²) in [4.78, 5) is 8.52. The molecule has 0 atom stereocenters. The molecule has 0 amide bonds. The number of pyridine rings is 1. The highest BCUT2D eigenvalue weighted by molar-refractivity contribution is 5.66. The number of hydrogen-bond acceptors (Lipinski definition) is 6. The molecule has 7 nitrogen and oxygen atoms in total. The van der Waals surface area contributed by atoms with Crippen LogP contribution in [0.4, 0.5) is 10.2 Å². The van der Waals surface area contributed by atoms with Crippen molar-refractivity contribution in [2.45, 2.75) is 18.9 Å². The van der Waals surface area contributed by atoms with Gasteiger partial charge in [-0.3, -0.25) is 4.98 Å². The van der Waals surface area contributed by atoms with E-state index in [1.54, 1.807) is 16.9 Å². The Morgan fingerprint density at radius 3 is 2.59 bits per heavy atom. The summed E-state index contributed by atoms with van der Waals surface area (Å²) in [5.41, 5.74) is 4.46. The molecule has 4 heterocycles. The van der Waals surface area contributed by atoms with Crippen molar-refractivity contribution in [3.05, 3.63) is 65.9 Å². The molecular formula is C21H16FN5O2. The fourth-order valence-corrected chi connectivity index (χ4v) is 4.04. The van der Waals surface area contributed by atoms with Gasteiger partial charge in [-0.2, -0.15) is 9.61 Å². The number of hydrogen-bond donors (Lipinski definition) is 1. The van der Waals surface area contributed by atoms with Crippen LogP contribution in [-0.2, 0) is 12.8 Å². The number of ether oxygens (including phenoxy) is 2. The molecule has 8 heteroatoms. The minimum atomic E-state index is -0.393. The van der Waals surface area contributed by atoms with E-state index in [0.29, 0.717) is 16.9 Å². The maximum atomic E-state index is 13.6. The lowest BCUT2D eigenvalue weighted by Gasteiger charge is -2.15. The molecule has 4 aromatic rings. The zero-order valence-corrected chi connectivity index (χ0v) is 15.3. The first-order valence-corrected chi connectivity index (χ1v) is 9.36. The Labute approximate surface area is 165 Å². The van der Waals surface area contributed by atoms with Gasteiger partial charge in [0.2, 0.25) is 6.79 Å². The molecule has 0 saturated heterocycles. The molecular weight excluding hydrogens is 373 g/mol. The number of rotatable bonds is 3. The minimum absolute atomic E-state index is 0.195. The zero-order chi connectivity index (χ0) is 19.4. The number of nitrogens with one attached hydrogen (secondary N) is 1. The van der Waals surface area contributed by atoms with Crippen LogP contribution in [0.25, 0.3) is 16.9 Å². The van der Waals surface area contributed by atoms with Crippen LogP contribution in [0.2, 0.25) is 0 Å². The third-order valence-electron chi connectivity index (χ3n) is 5.34. The van der Waals surface area contributed by atoms with Gasteiger partial charge in [-0.1, -0.05) is 0 Å². The van der Waals surface area contributed by atoms with E-state index in [4.69, 9.17) is 9.47 Å². The van der Waals surface area contributed by atoms with Gasteiger partial charge < -0.3 is 14.8 Å². The standard InChI is InChI=1S/C21H16FN5O2/c22-15-3-14(9-23-10-15)17-8-21(27-20(26-17)1-2-24-27)25-16-4-12-6-18-19(29-11-28-18)7-13(12)5-16/h1-3,6-10,16,25H,4-5,11H2. The molecule has 1 aliphatic carbocycles. The fourth-order valence-electron chi connectivity index (χ4n) is 4.04. The van der Waals surface area contributed by atoms with Gasteiger partial charge in [-0.15, -0.1) is 0 Å². The molecule has 2 aliphatic rings. The summed E-state index contributed by atoms with van der Waals surface area (Å²) in [5.74, 6) is 2.03. The molecule has 1 aromatic carbocycles. The molecule has 0 unspecified atom stereocenters. The Hall–Kier alpha value is -3.68. The lowest BCUT2D eigenvalue weighted by molar-refractivity contribution is 0.174. The Kier molecular flexibility index (Phi) is 3.46. The van der Waals surface area contributed by atoms with Crippen LogP contribution in [0.15, 0.2) is 48.9 Å². The summed E-state index contributed by atoms with van der Waals surface area (Å²) >= 11 is 0. The Balaban J connectivity index is 1.34. The second-order valence-corrected chi connectivity index (χ2v) is 7.24. The van der Waals surface area contributed by atoms with Crippen LogP contribution >= 0.6 is 0 Å². The van der Waals surface area contributed by atoms with Gasteiger partial charge in [-0.05, 0) is 42.2 Å². The fraction of sp³-hybridized carbons (Fsp3) is 0.190. The zero-order valence-electron chi connectivity index (χ0n) is 15.3. The van der Waals surface area contributed by atoms with E-state index in [9.17, 15) is 4.39 Å². The molecule has 3 aromatic heterocycles. The van der Waals surface area contributed by atoms with Gasteiger partial charge in [0.15, 0.2) is 17.1 Å². The third kappa shape index (κ3) is 2.75. The van der Waals surface area contributed by atoms with E-state index in [-0.39, 0.29) is 12.8 Å². The van der Waals surface area contributed by atoms with Gasteiger partial charge in [0.25, 0.3) is 0 Å². The maximum Gasteiger partial charge on any atom is 0.231 e. The van der Waals surface area contributed by atoms with Crippen molar-refractivity contribution in [3.8, 4) is 22.8 Å². The van der Waals surface area contributed by atoms with Crippen molar-refractivity contribution in [3.63, 3.8) is 0 Å². The van der Waals surface area contributed by atoms with Crippen molar-refractivity contribution in [2.75, 3.05) is 12.1 Å². The first-order chi connectivity index (χ1) is 14.2. The third-order valence-corrected chi connectivity index (χ3v) is 5.34. The summed E-state index contributed by atoms with van der Waals surface area (Å²) in [6.07, 6.45) is 6.22. The molecule has 0 spiro atoms. The van der Waals surface area contributed by atoms with Gasteiger partial charge in [0.1, 0.15) is 11.6 Å². The second kappa shape index (κ2) is 6.16. The average molecular weight is 389 g/mol. The minimum Gasteiger partial charge on any atom is -0.454 e. The largest absolute Gasteiger partial charge is 0.454 e. The molecule has 144 valence electrons. The van der Waals surface area contributed by atoms with Gasteiger partial charge in [-0.25, -0.2) is 9.37 Å². The number of aromatic nitrogens is 4. The van der Waals surface area contributed by atoms with Crippen molar-refractivity contribution in [1.82, 2.24) is 19.6 Å². The SMILES string of the molecule is Fc1cncc(-c2cc(NC3Cc4cc5c(cc4C3)OCO5)n3nccc3n2)c1. The molecule has 0 saturated carbocycles. The second-order valence-electron chi connectivity index (χ2n) is 7.24. The van der Waals surface area contributed by atoms with Gasteiger partial charge >= 0.3 is 0 Å². The van der Waals surface area contributed by atoms with Crippen LogP contribution in [-0.4, -0.2) is 32.4 Å². The van der Waals surface area contributed by atoms with Gasteiger partial charge in [0, 0.05) is 29.9 Å². The van der Waals surface area contributed by atoms with Crippen molar-refractivity contribution in [2.24, 2.45) is 0 Å². The van der Waals surface area contributed by atoms with E-state index >= 15 is 0 Å². The monoisotopic (exact) mass is 389 g/mol. The summed E-state index contributed by atoms with van der Waals surface area (Å²) in [5, 5.41) is 7.96. The Morgan fingerprint density at radius 2 is 1.83 bits per heavy atom. The first-order valence-electron chi connectivity index (χ1n) is 9.36. The van der Waals surface area contributed by atoms with Crippen molar-refractivity contribution in [1.29, 1.82) is 0 Å². The van der Waals surface area contributed by atoms with Crippen molar-refractivity contribution >= 4 is 11.5 Å². The molecule has 0 radical (unpaired) electrons. The van der Waals surface area contributed by atoms with Crippen LogP contribution < -0.4 is 14.8 Å². The van der Waals surface area contributed by atoms with E-state index in [2.05, 4.69) is 32.5 Å². The molecule has 1 aliphatic heterocycles. The lowest BCUT2D eigenvalue weighted by atomic mass is 10.1. The topological polar surface area (TPSA) is 73.6 Å². The summed E-state index contributed by atoms with van der Waals surface area (Å²) in [6, 6.07) is 9.47. The number of halogens is 1. The predicted molar refractivity (Wildman–Crippen MR) is 104 cm³/mol. The number of benzene rings is 1. The first kappa shape index (κ1) is 16.3. The molecule has 6 rings (SSSR count). The molecule has 29 heavy (non-hydrogen) atoms. The normalized spacial score (nSPS) is 15.1.